The summed E-state index contributed by atoms with van der Waals surface area (Å²) < 4.78 is 2.22. The highest BCUT2D eigenvalue weighted by atomic mass is 127. The average Bonchev–Trinajstić information content (AvgIpc) is 3.21. The van der Waals surface area contributed by atoms with E-state index in [2.05, 4.69) is 69.0 Å². The topological polar surface area (TPSA) is 57.5 Å². The van der Waals surface area contributed by atoms with E-state index in [0.717, 1.165) is 44.1 Å². The zero-order chi connectivity index (χ0) is 18.5. The molecule has 1 aromatic heterocycles. The first-order chi connectivity index (χ1) is 12.6. The van der Waals surface area contributed by atoms with Gasteiger partial charge >= 0.3 is 0 Å². The third-order valence-electron chi connectivity index (χ3n) is 5.31. The summed E-state index contributed by atoms with van der Waals surface area (Å²) in [5, 5.41) is 7.06. The number of aromatic nitrogens is 2. The Hall–Kier alpha value is -1.35. The van der Waals surface area contributed by atoms with Gasteiger partial charge in [-0.05, 0) is 38.3 Å². The molecule has 0 bridgehead atoms. The van der Waals surface area contributed by atoms with Crippen LogP contribution in [-0.2, 0) is 6.54 Å². The lowest BCUT2D eigenvalue weighted by Gasteiger charge is -2.22. The number of benzene rings is 1. The van der Waals surface area contributed by atoms with Gasteiger partial charge in [-0.15, -0.1) is 24.0 Å². The monoisotopic (exact) mass is 484 g/mol. The molecule has 2 N–H and O–H groups in total. The number of fused-ring (bicyclic) bond motifs is 1. The molecule has 6 nitrogen and oxygen atoms in total. The van der Waals surface area contributed by atoms with Crippen molar-refractivity contribution in [1.29, 1.82) is 0 Å². The van der Waals surface area contributed by atoms with E-state index >= 15 is 0 Å². The van der Waals surface area contributed by atoms with Gasteiger partial charge in [-0.2, -0.15) is 0 Å². The molecule has 150 valence electrons. The first kappa shape index (κ1) is 21.9. The number of para-hydroxylation sites is 2. The maximum atomic E-state index is 4.45. The van der Waals surface area contributed by atoms with Crippen LogP contribution < -0.4 is 10.6 Å². The van der Waals surface area contributed by atoms with Crippen molar-refractivity contribution in [3.8, 4) is 0 Å². The van der Waals surface area contributed by atoms with Crippen molar-refractivity contribution >= 4 is 41.0 Å². The number of halogens is 1. The molecule has 0 saturated carbocycles. The van der Waals surface area contributed by atoms with Crippen molar-refractivity contribution in [3.63, 3.8) is 0 Å². The summed E-state index contributed by atoms with van der Waals surface area (Å²) in [6.45, 7) is 10.9. The zero-order valence-corrected chi connectivity index (χ0v) is 19.2. The minimum atomic E-state index is 0. The van der Waals surface area contributed by atoms with E-state index in [1.54, 1.807) is 0 Å². The molecule has 1 aliphatic heterocycles. The summed E-state index contributed by atoms with van der Waals surface area (Å²) in [7, 11) is 1.85. The summed E-state index contributed by atoms with van der Waals surface area (Å²) in [5.74, 6) is 1.54. The molecule has 2 unspecified atom stereocenters. The van der Waals surface area contributed by atoms with Crippen LogP contribution >= 0.6 is 24.0 Å². The molecular weight excluding hydrogens is 451 g/mol. The van der Waals surface area contributed by atoms with E-state index < -0.39 is 0 Å². The molecule has 0 radical (unpaired) electrons. The maximum absolute atomic E-state index is 4.45. The molecule has 1 saturated heterocycles. The molecule has 1 aromatic carbocycles. The van der Waals surface area contributed by atoms with Gasteiger partial charge in [0.05, 0.1) is 17.4 Å². The summed E-state index contributed by atoms with van der Waals surface area (Å²) in [6, 6.07) is 9.33. The number of hydrogen-bond acceptors (Lipinski definition) is 3. The fourth-order valence-corrected chi connectivity index (χ4v) is 3.63. The highest BCUT2D eigenvalue weighted by molar-refractivity contribution is 14.0. The molecular formula is C20H33IN6. The Kier molecular flexibility index (Phi) is 8.34. The standard InChI is InChI=1S/C20H32N6.HI/c1-15(2)26-12-16(3)18(13-26)24-20(21-4)22-10-7-11-25-14-23-17-8-5-6-9-19(17)25;/h5-6,8-9,14-16,18H,7,10-13H2,1-4H3,(H2,21,22,24);1H. The number of aliphatic imine (C=N–C) groups is 1. The largest absolute Gasteiger partial charge is 0.356 e. The smallest absolute Gasteiger partial charge is 0.191 e. The Morgan fingerprint density at radius 2 is 2.07 bits per heavy atom. The van der Waals surface area contributed by atoms with E-state index in [-0.39, 0.29) is 24.0 Å². The Morgan fingerprint density at radius 3 is 2.78 bits per heavy atom. The molecule has 2 aromatic rings. The number of nitrogens with zero attached hydrogens (tertiary/aromatic N) is 4. The van der Waals surface area contributed by atoms with E-state index in [4.69, 9.17) is 0 Å². The molecule has 27 heavy (non-hydrogen) atoms. The normalized spacial score (nSPS) is 20.9. The van der Waals surface area contributed by atoms with Crippen LogP contribution in [0.5, 0.6) is 0 Å². The number of guanidine groups is 1. The van der Waals surface area contributed by atoms with Crippen molar-refractivity contribution in [1.82, 2.24) is 25.1 Å². The SMILES string of the molecule is CN=C(NCCCn1cnc2ccccc21)NC1CN(C(C)C)CC1C.I. The molecule has 7 heteroatoms. The van der Waals surface area contributed by atoms with Crippen LogP contribution in [-0.4, -0.2) is 59.2 Å². The van der Waals surface area contributed by atoms with Gasteiger partial charge in [-0.25, -0.2) is 4.98 Å². The zero-order valence-electron chi connectivity index (χ0n) is 16.9. The number of likely N-dealkylation sites (tertiary alicyclic amines) is 1. The van der Waals surface area contributed by atoms with Gasteiger partial charge in [0, 0.05) is 45.3 Å². The predicted molar refractivity (Wildman–Crippen MR) is 124 cm³/mol. The van der Waals surface area contributed by atoms with Crippen LogP contribution in [0.25, 0.3) is 11.0 Å². The Labute approximate surface area is 179 Å². The van der Waals surface area contributed by atoms with Gasteiger partial charge in [-0.3, -0.25) is 9.89 Å². The van der Waals surface area contributed by atoms with Crippen molar-refractivity contribution in [2.45, 2.75) is 45.8 Å². The molecule has 1 aliphatic rings. The Balaban J connectivity index is 0.00000261. The van der Waals surface area contributed by atoms with Crippen LogP contribution in [0.4, 0.5) is 0 Å². The number of nitrogens with one attached hydrogen (secondary N) is 2. The van der Waals surface area contributed by atoms with E-state index in [9.17, 15) is 0 Å². The fraction of sp³-hybridized carbons (Fsp3) is 0.600. The number of imidazole rings is 1. The van der Waals surface area contributed by atoms with Crippen molar-refractivity contribution < 1.29 is 0 Å². The third-order valence-corrected chi connectivity index (χ3v) is 5.31. The minimum Gasteiger partial charge on any atom is -0.356 e. The number of rotatable bonds is 6. The van der Waals surface area contributed by atoms with Crippen LogP contribution in [0, 0.1) is 5.92 Å². The summed E-state index contributed by atoms with van der Waals surface area (Å²) in [5.41, 5.74) is 2.26. The third kappa shape index (κ3) is 5.57. The van der Waals surface area contributed by atoms with Crippen LogP contribution in [0.1, 0.15) is 27.2 Å². The first-order valence-corrected chi connectivity index (χ1v) is 9.69. The second-order valence-electron chi connectivity index (χ2n) is 7.55. The van der Waals surface area contributed by atoms with Crippen LogP contribution in [0.15, 0.2) is 35.6 Å². The van der Waals surface area contributed by atoms with Gasteiger partial charge in [0.1, 0.15) is 0 Å². The van der Waals surface area contributed by atoms with Gasteiger partial charge in [0.2, 0.25) is 0 Å². The molecule has 1 fully saturated rings. The molecule has 0 aliphatic carbocycles. The van der Waals surface area contributed by atoms with Gasteiger partial charge < -0.3 is 15.2 Å². The predicted octanol–water partition coefficient (Wildman–Crippen LogP) is 2.94. The van der Waals surface area contributed by atoms with E-state index in [1.807, 2.05) is 19.4 Å². The Bertz CT molecular complexity index is 741. The molecule has 0 spiro atoms. The summed E-state index contributed by atoms with van der Waals surface area (Å²) in [6.07, 6.45) is 2.96. The fourth-order valence-electron chi connectivity index (χ4n) is 3.63. The average molecular weight is 484 g/mol. The van der Waals surface area contributed by atoms with Gasteiger partial charge in [0.15, 0.2) is 5.96 Å². The summed E-state index contributed by atoms with van der Waals surface area (Å²) >= 11 is 0. The number of hydrogen-bond donors (Lipinski definition) is 2. The maximum Gasteiger partial charge on any atom is 0.191 e. The second-order valence-corrected chi connectivity index (χ2v) is 7.55. The minimum absolute atomic E-state index is 0. The van der Waals surface area contributed by atoms with Crippen molar-refractivity contribution in [2.24, 2.45) is 10.9 Å². The van der Waals surface area contributed by atoms with Crippen LogP contribution in [0.2, 0.25) is 0 Å². The molecule has 2 heterocycles. The van der Waals surface area contributed by atoms with Gasteiger partial charge in [-0.1, -0.05) is 19.1 Å². The number of aryl methyl sites for hydroxylation is 1. The van der Waals surface area contributed by atoms with E-state index in [1.165, 1.54) is 5.52 Å². The Morgan fingerprint density at radius 1 is 1.30 bits per heavy atom. The van der Waals surface area contributed by atoms with Crippen LogP contribution in [0.3, 0.4) is 0 Å². The first-order valence-electron chi connectivity index (χ1n) is 9.69. The lowest BCUT2D eigenvalue weighted by atomic mass is 10.1. The van der Waals surface area contributed by atoms with Crippen molar-refractivity contribution in [3.05, 3.63) is 30.6 Å². The highest BCUT2D eigenvalue weighted by Crippen LogP contribution is 2.18. The lowest BCUT2D eigenvalue weighted by molar-refractivity contribution is 0.265. The van der Waals surface area contributed by atoms with Crippen molar-refractivity contribution in [2.75, 3.05) is 26.7 Å². The lowest BCUT2D eigenvalue weighted by Crippen LogP contribution is -2.47. The van der Waals surface area contributed by atoms with Gasteiger partial charge in [0.25, 0.3) is 0 Å². The molecule has 3 rings (SSSR count). The molecule has 2 atom stereocenters. The molecule has 0 amide bonds. The highest BCUT2D eigenvalue weighted by Gasteiger charge is 2.31. The quantitative estimate of drug-likeness (QED) is 0.287. The second kappa shape index (κ2) is 10.3. The van der Waals surface area contributed by atoms with E-state index in [0.29, 0.717) is 18.0 Å². The summed E-state index contributed by atoms with van der Waals surface area (Å²) in [4.78, 5) is 11.4.